The van der Waals surface area contributed by atoms with Crippen LogP contribution in [0.2, 0.25) is 0 Å². The Morgan fingerprint density at radius 2 is 1.95 bits per heavy atom. The number of halogens is 2. The lowest BCUT2D eigenvalue weighted by molar-refractivity contribution is -0.136. The highest BCUT2D eigenvalue weighted by Crippen LogP contribution is 2.33. The van der Waals surface area contributed by atoms with E-state index < -0.39 is 0 Å². The predicted molar refractivity (Wildman–Crippen MR) is 97.5 cm³/mol. The molecule has 4 nitrogen and oxygen atoms in total. The Labute approximate surface area is 148 Å². The SMILES string of the molecule is Cl.Cl.NC[C@H]1CCC[C@H]1C(=O)N1CCN(c2cccs2)CC1. The number of rotatable bonds is 3. The topological polar surface area (TPSA) is 49.6 Å². The molecule has 1 saturated heterocycles. The summed E-state index contributed by atoms with van der Waals surface area (Å²) in [4.78, 5) is 17.1. The van der Waals surface area contributed by atoms with E-state index in [2.05, 4.69) is 27.3 Å². The molecule has 7 heteroatoms. The average Bonchev–Trinajstić information content (AvgIpc) is 3.17. The largest absolute Gasteiger partial charge is 0.360 e. The van der Waals surface area contributed by atoms with Crippen molar-refractivity contribution >= 4 is 47.1 Å². The molecule has 1 amide bonds. The van der Waals surface area contributed by atoms with Crippen LogP contribution in [0, 0.1) is 11.8 Å². The Hall–Kier alpha value is -0.490. The second kappa shape index (κ2) is 8.96. The van der Waals surface area contributed by atoms with Crippen LogP contribution in [0.15, 0.2) is 17.5 Å². The smallest absolute Gasteiger partial charge is 0.226 e. The van der Waals surface area contributed by atoms with E-state index >= 15 is 0 Å². The van der Waals surface area contributed by atoms with Gasteiger partial charge in [0.25, 0.3) is 0 Å². The van der Waals surface area contributed by atoms with Crippen LogP contribution in [0.5, 0.6) is 0 Å². The van der Waals surface area contributed by atoms with E-state index in [9.17, 15) is 4.79 Å². The molecule has 0 spiro atoms. The third-order valence-electron chi connectivity index (χ3n) is 4.69. The molecule has 0 bridgehead atoms. The van der Waals surface area contributed by atoms with Gasteiger partial charge in [-0.1, -0.05) is 6.42 Å². The summed E-state index contributed by atoms with van der Waals surface area (Å²) < 4.78 is 0. The van der Waals surface area contributed by atoms with E-state index in [0.29, 0.717) is 18.4 Å². The van der Waals surface area contributed by atoms with E-state index in [1.807, 2.05) is 0 Å². The summed E-state index contributed by atoms with van der Waals surface area (Å²) in [5.74, 6) is 0.954. The monoisotopic (exact) mass is 365 g/mol. The molecule has 22 heavy (non-hydrogen) atoms. The summed E-state index contributed by atoms with van der Waals surface area (Å²) in [5.41, 5.74) is 5.80. The van der Waals surface area contributed by atoms with Crippen LogP contribution in [0.4, 0.5) is 5.00 Å². The number of anilines is 1. The zero-order valence-corrected chi connectivity index (χ0v) is 15.1. The maximum Gasteiger partial charge on any atom is 0.226 e. The number of hydrogen-bond donors (Lipinski definition) is 1. The fraction of sp³-hybridized carbons (Fsp3) is 0.667. The van der Waals surface area contributed by atoms with E-state index in [1.165, 1.54) is 5.00 Å². The first-order valence-electron chi connectivity index (χ1n) is 7.57. The van der Waals surface area contributed by atoms with Gasteiger partial charge in [0, 0.05) is 32.1 Å². The van der Waals surface area contributed by atoms with Gasteiger partial charge in [-0.05, 0) is 42.8 Å². The molecule has 126 valence electrons. The number of hydrogen-bond acceptors (Lipinski definition) is 4. The highest BCUT2D eigenvalue weighted by molar-refractivity contribution is 7.14. The first kappa shape index (κ1) is 19.6. The molecule has 1 aromatic rings. The highest BCUT2D eigenvalue weighted by atomic mass is 35.5. The molecule has 0 unspecified atom stereocenters. The minimum atomic E-state index is 0. The first-order chi connectivity index (χ1) is 9.79. The summed E-state index contributed by atoms with van der Waals surface area (Å²) in [6.45, 7) is 4.26. The molecule has 1 aliphatic heterocycles. The summed E-state index contributed by atoms with van der Waals surface area (Å²) in [6.07, 6.45) is 3.32. The molecule has 0 radical (unpaired) electrons. The number of carbonyl (C=O) groups excluding carboxylic acids is 1. The van der Waals surface area contributed by atoms with Crippen molar-refractivity contribution < 1.29 is 4.79 Å². The zero-order valence-electron chi connectivity index (χ0n) is 12.6. The van der Waals surface area contributed by atoms with Crippen LogP contribution in [-0.4, -0.2) is 43.5 Å². The number of amides is 1. The molecule has 2 aliphatic rings. The summed E-state index contributed by atoms with van der Waals surface area (Å²) in [5, 5.41) is 3.43. The van der Waals surface area contributed by atoms with Crippen LogP contribution in [-0.2, 0) is 4.79 Å². The van der Waals surface area contributed by atoms with Crippen molar-refractivity contribution in [3.05, 3.63) is 17.5 Å². The van der Waals surface area contributed by atoms with Crippen LogP contribution < -0.4 is 10.6 Å². The molecule has 2 heterocycles. The minimum Gasteiger partial charge on any atom is -0.360 e. The molecule has 3 rings (SSSR count). The van der Waals surface area contributed by atoms with Crippen molar-refractivity contribution in [3.8, 4) is 0 Å². The van der Waals surface area contributed by atoms with E-state index in [4.69, 9.17) is 5.73 Å². The van der Waals surface area contributed by atoms with Crippen LogP contribution in [0.1, 0.15) is 19.3 Å². The van der Waals surface area contributed by atoms with Gasteiger partial charge in [0.1, 0.15) is 0 Å². The van der Waals surface area contributed by atoms with Crippen molar-refractivity contribution in [3.63, 3.8) is 0 Å². The average molecular weight is 366 g/mol. The summed E-state index contributed by atoms with van der Waals surface area (Å²) in [7, 11) is 0. The van der Waals surface area contributed by atoms with E-state index in [1.54, 1.807) is 11.3 Å². The molecular weight excluding hydrogens is 341 g/mol. The molecular formula is C15H25Cl2N3OS. The Bertz CT molecular complexity index is 450. The lowest BCUT2D eigenvalue weighted by Gasteiger charge is -2.37. The van der Waals surface area contributed by atoms with Gasteiger partial charge in [0.2, 0.25) is 5.91 Å². The van der Waals surface area contributed by atoms with Crippen LogP contribution >= 0.6 is 36.2 Å². The standard InChI is InChI=1S/C15H23N3OS.2ClH/c16-11-12-3-1-4-13(12)15(19)18-8-6-17(7-9-18)14-5-2-10-20-14;;/h2,5,10,12-13H,1,3-4,6-9,11,16H2;2*1H/t12-,13-;;/m1../s1. The number of nitrogens with zero attached hydrogens (tertiary/aromatic N) is 2. The lowest BCUT2D eigenvalue weighted by atomic mass is 9.94. The Kier molecular flexibility index (Phi) is 7.97. The normalized spacial score (nSPS) is 24.6. The first-order valence-corrected chi connectivity index (χ1v) is 8.45. The molecule has 1 saturated carbocycles. The van der Waals surface area contributed by atoms with Crippen molar-refractivity contribution in [1.29, 1.82) is 0 Å². The maximum atomic E-state index is 12.6. The van der Waals surface area contributed by atoms with Crippen molar-refractivity contribution in [2.45, 2.75) is 19.3 Å². The van der Waals surface area contributed by atoms with Gasteiger partial charge < -0.3 is 15.5 Å². The fourth-order valence-electron chi connectivity index (χ4n) is 3.48. The fourth-order valence-corrected chi connectivity index (χ4v) is 4.26. The molecule has 2 fully saturated rings. The minimum absolute atomic E-state index is 0. The third kappa shape index (κ3) is 4.07. The second-order valence-electron chi connectivity index (χ2n) is 5.80. The summed E-state index contributed by atoms with van der Waals surface area (Å²) in [6, 6.07) is 4.24. The Morgan fingerprint density at radius 3 is 2.55 bits per heavy atom. The molecule has 1 aromatic heterocycles. The van der Waals surface area contributed by atoms with Gasteiger partial charge in [0.05, 0.1) is 5.00 Å². The van der Waals surface area contributed by atoms with Crippen molar-refractivity contribution in [2.24, 2.45) is 17.6 Å². The lowest BCUT2D eigenvalue weighted by Crippen LogP contribution is -2.51. The summed E-state index contributed by atoms with van der Waals surface area (Å²) >= 11 is 1.77. The van der Waals surface area contributed by atoms with Gasteiger partial charge >= 0.3 is 0 Å². The molecule has 0 aromatic carbocycles. The molecule has 2 N–H and O–H groups in total. The Morgan fingerprint density at radius 1 is 1.23 bits per heavy atom. The number of carbonyl (C=O) groups is 1. The Balaban J connectivity index is 0.00000121. The van der Waals surface area contributed by atoms with E-state index in [-0.39, 0.29) is 30.7 Å². The number of piperazine rings is 1. The van der Waals surface area contributed by atoms with Gasteiger partial charge in [-0.2, -0.15) is 0 Å². The van der Waals surface area contributed by atoms with Crippen LogP contribution in [0.25, 0.3) is 0 Å². The number of nitrogens with two attached hydrogens (primary N) is 1. The van der Waals surface area contributed by atoms with Gasteiger partial charge in [-0.15, -0.1) is 36.2 Å². The highest BCUT2D eigenvalue weighted by Gasteiger charge is 2.35. The quantitative estimate of drug-likeness (QED) is 0.895. The maximum absolute atomic E-state index is 12.6. The van der Waals surface area contributed by atoms with Gasteiger partial charge in [0.15, 0.2) is 0 Å². The molecule has 2 atom stereocenters. The van der Waals surface area contributed by atoms with Crippen LogP contribution in [0.3, 0.4) is 0 Å². The third-order valence-corrected chi connectivity index (χ3v) is 5.62. The van der Waals surface area contributed by atoms with Gasteiger partial charge in [-0.3, -0.25) is 4.79 Å². The second-order valence-corrected chi connectivity index (χ2v) is 6.72. The zero-order chi connectivity index (χ0) is 13.9. The van der Waals surface area contributed by atoms with Gasteiger partial charge in [-0.25, -0.2) is 0 Å². The van der Waals surface area contributed by atoms with E-state index in [0.717, 1.165) is 45.4 Å². The van der Waals surface area contributed by atoms with Crippen molar-refractivity contribution in [2.75, 3.05) is 37.6 Å². The number of thiophene rings is 1. The predicted octanol–water partition coefficient (Wildman–Crippen LogP) is 2.62. The molecule has 1 aliphatic carbocycles. The van der Waals surface area contributed by atoms with Crippen molar-refractivity contribution in [1.82, 2.24) is 4.90 Å².